The second kappa shape index (κ2) is 14.3. The molecule has 0 aromatic rings. The largest absolute Gasteiger partial charge is 0.457 e. The molecule has 1 saturated heterocycles. The second-order valence-electron chi connectivity index (χ2n) is 7.65. The van der Waals surface area contributed by atoms with Gasteiger partial charge in [-0.3, -0.25) is 9.59 Å². The molecule has 9 nitrogen and oxygen atoms in total. The fourth-order valence-electron chi connectivity index (χ4n) is 3.43. The van der Waals surface area contributed by atoms with E-state index in [0.717, 1.165) is 25.7 Å². The highest BCUT2D eigenvalue weighted by atomic mass is 16.7. The Labute approximate surface area is 172 Å². The summed E-state index contributed by atoms with van der Waals surface area (Å²) in [6.07, 6.45) is 3.38. The first-order valence-electron chi connectivity index (χ1n) is 10.5. The molecule has 1 heterocycles. The average Bonchev–Trinajstić information content (AvgIpc) is 2.69. The van der Waals surface area contributed by atoms with Crippen LogP contribution in [-0.2, 0) is 23.8 Å². The fraction of sp³-hybridized carbons (Fsp3) is 0.900. The molecule has 0 aliphatic carbocycles. The molecule has 0 aromatic carbocycles. The molecule has 5 atom stereocenters. The molecule has 9 heteroatoms. The molecule has 0 amide bonds. The van der Waals surface area contributed by atoms with Crippen LogP contribution in [0.4, 0.5) is 0 Å². The lowest BCUT2D eigenvalue weighted by atomic mass is 9.83. The van der Waals surface area contributed by atoms with Gasteiger partial charge in [0.15, 0.2) is 12.4 Å². The Bertz CT molecular complexity index is 552. The number of ether oxygens (including phenoxy) is 3. The molecule has 1 N–H and O–H groups in total. The smallest absolute Gasteiger partial charge is 0.303 e. The van der Waals surface area contributed by atoms with E-state index in [4.69, 9.17) is 19.7 Å². The van der Waals surface area contributed by atoms with Crippen molar-refractivity contribution in [3.05, 3.63) is 10.4 Å². The van der Waals surface area contributed by atoms with Crippen molar-refractivity contribution in [3.8, 4) is 0 Å². The minimum atomic E-state index is -0.714. The minimum Gasteiger partial charge on any atom is -0.457 e. The van der Waals surface area contributed by atoms with Crippen LogP contribution in [0, 0.1) is 11.8 Å². The molecular weight excluding hydrogens is 378 g/mol. The van der Waals surface area contributed by atoms with Crippen LogP contribution in [0.25, 0.3) is 10.4 Å². The third kappa shape index (κ3) is 9.58. The first-order valence-corrected chi connectivity index (χ1v) is 10.5. The number of unbranched alkanes of at least 4 members (excludes halogenated alkanes) is 3. The van der Waals surface area contributed by atoms with E-state index in [9.17, 15) is 14.7 Å². The summed E-state index contributed by atoms with van der Waals surface area (Å²) in [5.74, 6) is -0.134. The summed E-state index contributed by atoms with van der Waals surface area (Å²) < 4.78 is 17.0. The number of carbonyl (C=O) groups excluding carboxylic acids is 2. The normalized spacial score (nSPS) is 26.6. The van der Waals surface area contributed by atoms with Gasteiger partial charge in [-0.2, -0.15) is 0 Å². The number of aliphatic hydroxyl groups is 1. The van der Waals surface area contributed by atoms with E-state index in [1.54, 1.807) is 0 Å². The Balaban J connectivity index is 2.29. The number of azide groups is 1. The molecular formula is C20H35N3O6. The Morgan fingerprint density at radius 3 is 2.41 bits per heavy atom. The monoisotopic (exact) mass is 413 g/mol. The van der Waals surface area contributed by atoms with Gasteiger partial charge in [0.2, 0.25) is 0 Å². The third-order valence-electron chi connectivity index (χ3n) is 5.40. The van der Waals surface area contributed by atoms with E-state index in [0.29, 0.717) is 32.4 Å². The van der Waals surface area contributed by atoms with Gasteiger partial charge in [-0.15, -0.1) is 0 Å². The van der Waals surface area contributed by atoms with Crippen LogP contribution in [-0.4, -0.2) is 55.1 Å². The number of Topliss-reactive ketones (excluding diaryl/α,β-unsaturated/α-hetero) is 1. The molecule has 0 bridgehead atoms. The number of hydrogen-bond acceptors (Lipinski definition) is 7. The van der Waals surface area contributed by atoms with Crippen LogP contribution in [0.3, 0.4) is 0 Å². The highest BCUT2D eigenvalue weighted by Crippen LogP contribution is 2.33. The van der Waals surface area contributed by atoms with E-state index in [2.05, 4.69) is 10.0 Å². The first-order chi connectivity index (χ1) is 13.9. The molecule has 29 heavy (non-hydrogen) atoms. The molecule has 0 aromatic heterocycles. The number of aliphatic hydroxyl groups excluding tert-OH is 1. The van der Waals surface area contributed by atoms with Crippen LogP contribution < -0.4 is 0 Å². The van der Waals surface area contributed by atoms with Gasteiger partial charge in [-0.1, -0.05) is 25.4 Å². The van der Waals surface area contributed by atoms with Crippen LogP contribution in [0.2, 0.25) is 0 Å². The van der Waals surface area contributed by atoms with E-state index >= 15 is 0 Å². The standard InChI is InChI=1S/C20H35N3O6/c1-14-15(2)19(28-16(3)25)20(29-18(14)13-24)27-12-8-6-10-17(26)9-5-4-7-11-22-23-21/h14-15,18-20,24H,4-13H2,1-3H3/t14-,15+,18?,19?,20-/m1/s1. The second-order valence-corrected chi connectivity index (χ2v) is 7.65. The van der Waals surface area contributed by atoms with E-state index in [1.807, 2.05) is 13.8 Å². The minimum absolute atomic E-state index is 0.00442. The molecule has 1 aliphatic rings. The molecule has 0 radical (unpaired) electrons. The number of nitrogens with zero attached hydrogens (tertiary/aromatic N) is 3. The van der Waals surface area contributed by atoms with Gasteiger partial charge < -0.3 is 19.3 Å². The SMILES string of the molecule is CC(=O)OC1[C@H](OCCCCC(=O)CCCCCN=[N+]=[N-])OC(CO)[C@H](C)[C@@H]1C. The highest BCUT2D eigenvalue weighted by molar-refractivity contribution is 5.78. The number of ketones is 1. The van der Waals surface area contributed by atoms with Crippen molar-refractivity contribution in [2.24, 2.45) is 17.0 Å². The Morgan fingerprint density at radius 2 is 1.79 bits per heavy atom. The summed E-state index contributed by atoms with van der Waals surface area (Å²) in [4.78, 5) is 26.0. The van der Waals surface area contributed by atoms with Crippen molar-refractivity contribution in [1.29, 1.82) is 0 Å². The van der Waals surface area contributed by atoms with Gasteiger partial charge in [0.25, 0.3) is 0 Å². The summed E-state index contributed by atoms with van der Waals surface area (Å²) in [5.41, 5.74) is 8.19. The quantitative estimate of drug-likeness (QED) is 0.152. The number of rotatable bonds is 14. The van der Waals surface area contributed by atoms with Crippen molar-refractivity contribution in [2.45, 2.75) is 84.2 Å². The Morgan fingerprint density at radius 1 is 1.10 bits per heavy atom. The summed E-state index contributed by atoms with van der Waals surface area (Å²) in [6, 6.07) is 0. The molecule has 1 rings (SSSR count). The Hall–Kier alpha value is -1.67. The maximum absolute atomic E-state index is 11.9. The van der Waals surface area contributed by atoms with Crippen molar-refractivity contribution in [2.75, 3.05) is 19.8 Å². The zero-order chi connectivity index (χ0) is 21.6. The van der Waals surface area contributed by atoms with Crippen LogP contribution in [0.1, 0.15) is 65.7 Å². The maximum atomic E-state index is 11.9. The number of esters is 1. The molecule has 1 fully saturated rings. The van der Waals surface area contributed by atoms with Gasteiger partial charge in [0.1, 0.15) is 5.78 Å². The fourth-order valence-corrected chi connectivity index (χ4v) is 3.43. The summed E-state index contributed by atoms with van der Waals surface area (Å²) in [5, 5.41) is 13.0. The van der Waals surface area contributed by atoms with E-state index < -0.39 is 18.4 Å². The lowest BCUT2D eigenvalue weighted by Crippen LogP contribution is -2.53. The lowest BCUT2D eigenvalue weighted by Gasteiger charge is -2.43. The van der Waals surface area contributed by atoms with Crippen molar-refractivity contribution >= 4 is 11.8 Å². The lowest BCUT2D eigenvalue weighted by molar-refractivity contribution is -0.279. The molecule has 1 aliphatic heterocycles. The summed E-state index contributed by atoms with van der Waals surface area (Å²) in [7, 11) is 0. The topological polar surface area (TPSA) is 131 Å². The van der Waals surface area contributed by atoms with Crippen LogP contribution in [0.5, 0.6) is 0 Å². The van der Waals surface area contributed by atoms with Gasteiger partial charge in [0.05, 0.1) is 12.7 Å². The Kier molecular flexibility index (Phi) is 12.5. The van der Waals surface area contributed by atoms with Gasteiger partial charge in [-0.05, 0) is 37.1 Å². The number of hydrogen-bond donors (Lipinski definition) is 1. The highest BCUT2D eigenvalue weighted by Gasteiger charge is 2.43. The van der Waals surface area contributed by atoms with Crippen LogP contribution >= 0.6 is 0 Å². The summed E-state index contributed by atoms with van der Waals surface area (Å²) in [6.45, 7) is 6.03. The zero-order valence-corrected chi connectivity index (χ0v) is 17.8. The summed E-state index contributed by atoms with van der Waals surface area (Å²) >= 11 is 0. The van der Waals surface area contributed by atoms with Gasteiger partial charge >= 0.3 is 5.97 Å². The van der Waals surface area contributed by atoms with Crippen molar-refractivity contribution in [1.82, 2.24) is 0 Å². The molecule has 0 saturated carbocycles. The predicted molar refractivity (Wildman–Crippen MR) is 107 cm³/mol. The maximum Gasteiger partial charge on any atom is 0.303 e. The average molecular weight is 414 g/mol. The van der Waals surface area contributed by atoms with Crippen molar-refractivity contribution < 1.29 is 28.9 Å². The van der Waals surface area contributed by atoms with Crippen LogP contribution in [0.15, 0.2) is 5.11 Å². The predicted octanol–water partition coefficient (Wildman–Crippen LogP) is 3.53. The van der Waals surface area contributed by atoms with Crippen molar-refractivity contribution in [3.63, 3.8) is 0 Å². The van der Waals surface area contributed by atoms with Gasteiger partial charge in [0, 0.05) is 43.7 Å². The van der Waals surface area contributed by atoms with E-state index in [-0.39, 0.29) is 30.3 Å². The third-order valence-corrected chi connectivity index (χ3v) is 5.40. The van der Waals surface area contributed by atoms with E-state index in [1.165, 1.54) is 6.92 Å². The molecule has 2 unspecified atom stereocenters. The molecule has 0 spiro atoms. The van der Waals surface area contributed by atoms with Gasteiger partial charge in [-0.25, -0.2) is 0 Å². The molecule has 166 valence electrons. The first kappa shape index (κ1) is 25.4. The number of carbonyl (C=O) groups is 2. The zero-order valence-electron chi connectivity index (χ0n) is 17.8.